The maximum absolute atomic E-state index is 17.9. The molecule has 0 unspecified atom stereocenters. The van der Waals surface area contributed by atoms with Crippen LogP contribution in [0.3, 0.4) is 0 Å². The van der Waals surface area contributed by atoms with E-state index in [-0.39, 0.29) is 51.5 Å². The molecular weight excluding hydrogens is 729 g/mol. The van der Waals surface area contributed by atoms with Gasteiger partial charge >= 0.3 is 6.01 Å². The molecule has 10 rings (SSSR count). The molecule has 0 amide bonds. The number of piperazine rings is 1. The fourth-order valence-corrected chi connectivity index (χ4v) is 10.2. The van der Waals surface area contributed by atoms with E-state index in [2.05, 4.69) is 20.6 Å². The van der Waals surface area contributed by atoms with Crippen LogP contribution in [0.25, 0.3) is 43.7 Å². The molecule has 3 aromatic carbocycles. The summed E-state index contributed by atoms with van der Waals surface area (Å²) in [6, 6.07) is 6.22. The predicted molar refractivity (Wildman–Crippen MR) is 215 cm³/mol. The van der Waals surface area contributed by atoms with E-state index in [1.807, 2.05) is 6.20 Å². The van der Waals surface area contributed by atoms with E-state index in [1.54, 1.807) is 18.8 Å². The topological polar surface area (TPSA) is 101 Å². The quantitative estimate of drug-likeness (QED) is 0.111. The highest BCUT2D eigenvalue weighted by Crippen LogP contribution is 2.49. The molecule has 2 atom stereocenters. The van der Waals surface area contributed by atoms with Gasteiger partial charge in [0.2, 0.25) is 0 Å². The molecule has 4 saturated heterocycles. The summed E-state index contributed by atoms with van der Waals surface area (Å²) in [5.41, 5.74) is 0.768. The summed E-state index contributed by atoms with van der Waals surface area (Å²) in [4.78, 5) is 17.5. The smallest absolute Gasteiger partial charge is 0.319 e. The first kappa shape index (κ1) is 36.7. The van der Waals surface area contributed by atoms with Gasteiger partial charge in [-0.15, -0.1) is 6.42 Å². The lowest BCUT2D eigenvalue weighted by molar-refractivity contribution is -0.0586. The van der Waals surface area contributed by atoms with Crippen LogP contribution in [0.15, 0.2) is 30.5 Å². The van der Waals surface area contributed by atoms with Crippen LogP contribution in [0.2, 0.25) is 0 Å². The number of aromatic nitrogens is 4. The number of hydrogen-bond acceptors (Lipinski definition) is 10. The lowest BCUT2D eigenvalue weighted by Gasteiger charge is -2.43. The molecule has 1 saturated carbocycles. The van der Waals surface area contributed by atoms with Gasteiger partial charge in [-0.3, -0.25) is 9.58 Å². The number of likely N-dealkylation sites (tertiary alicyclic amines) is 2. The largest absolute Gasteiger partial charge is 0.508 e. The Morgan fingerprint density at radius 1 is 1.00 bits per heavy atom. The average Bonchev–Trinajstić information content (AvgIpc) is 3.74. The zero-order chi connectivity index (χ0) is 39.0. The fraction of sp³-hybridized carbons (Fsp3) is 0.523. The van der Waals surface area contributed by atoms with Crippen LogP contribution in [0, 0.1) is 41.2 Å². The monoisotopic (exact) mass is 777 g/mol. The zero-order valence-electron chi connectivity index (χ0n) is 32.6. The van der Waals surface area contributed by atoms with Gasteiger partial charge in [0.15, 0.2) is 5.82 Å². The number of methoxy groups -OCH3 is 1. The van der Waals surface area contributed by atoms with Crippen molar-refractivity contribution in [2.24, 2.45) is 24.3 Å². The third-order valence-corrected chi connectivity index (χ3v) is 13.2. The first-order valence-electron chi connectivity index (χ1n) is 20.4. The highest BCUT2D eigenvalue weighted by molar-refractivity contribution is 6.18. The van der Waals surface area contributed by atoms with Crippen molar-refractivity contribution in [2.45, 2.75) is 50.6 Å². The Labute approximate surface area is 330 Å². The van der Waals surface area contributed by atoms with Crippen molar-refractivity contribution < 1.29 is 28.1 Å². The van der Waals surface area contributed by atoms with E-state index in [0.717, 1.165) is 90.5 Å². The van der Waals surface area contributed by atoms with Gasteiger partial charge in [-0.25, -0.2) is 8.78 Å². The molecule has 5 aliphatic rings. The zero-order valence-corrected chi connectivity index (χ0v) is 32.6. The number of aryl methyl sites for hydroxylation is 1. The Bertz CT molecular complexity index is 2400. The van der Waals surface area contributed by atoms with E-state index in [4.69, 9.17) is 35.7 Å². The molecule has 2 aromatic heterocycles. The Morgan fingerprint density at radius 2 is 1.79 bits per heavy atom. The van der Waals surface area contributed by atoms with Crippen molar-refractivity contribution >= 4 is 38.4 Å². The van der Waals surface area contributed by atoms with E-state index < -0.39 is 11.6 Å². The molecule has 298 valence electrons. The highest BCUT2D eigenvalue weighted by atomic mass is 19.1. The van der Waals surface area contributed by atoms with Gasteiger partial charge < -0.3 is 29.1 Å². The van der Waals surface area contributed by atoms with Gasteiger partial charge in [-0.1, -0.05) is 12.0 Å². The van der Waals surface area contributed by atoms with Crippen LogP contribution in [-0.4, -0.2) is 120 Å². The molecule has 11 nitrogen and oxygen atoms in total. The first-order chi connectivity index (χ1) is 27.7. The van der Waals surface area contributed by atoms with Crippen LogP contribution in [0.4, 0.5) is 14.6 Å². The number of fused-ring (bicyclic) bond motifs is 6. The average molecular weight is 778 g/mol. The minimum Gasteiger partial charge on any atom is -0.508 e. The number of halogens is 2. The molecule has 13 heteroatoms. The van der Waals surface area contributed by atoms with Gasteiger partial charge in [-0.2, -0.15) is 15.1 Å². The number of aromatic hydroxyl groups is 1. The molecular formula is C44H49F2N7O4. The van der Waals surface area contributed by atoms with E-state index >= 15 is 8.78 Å². The Hall–Kier alpha value is -4.61. The molecule has 1 N–H and O–H groups in total. The van der Waals surface area contributed by atoms with Crippen LogP contribution < -0.4 is 9.64 Å². The second-order valence-electron chi connectivity index (χ2n) is 17.4. The van der Waals surface area contributed by atoms with Gasteiger partial charge in [-0.05, 0) is 73.6 Å². The molecule has 5 aromatic rings. The van der Waals surface area contributed by atoms with Crippen molar-refractivity contribution in [2.75, 3.05) is 77.7 Å². The minimum atomic E-state index is -0.654. The van der Waals surface area contributed by atoms with Gasteiger partial charge in [0.1, 0.15) is 28.4 Å². The van der Waals surface area contributed by atoms with Crippen molar-refractivity contribution in [1.82, 2.24) is 29.5 Å². The Morgan fingerprint density at radius 3 is 2.49 bits per heavy atom. The van der Waals surface area contributed by atoms with Crippen LogP contribution in [0.1, 0.15) is 44.1 Å². The third-order valence-electron chi connectivity index (χ3n) is 13.2. The number of nitrogens with zero attached hydrogens (tertiary/aromatic N) is 7. The maximum Gasteiger partial charge on any atom is 0.319 e. The lowest BCUT2D eigenvalue weighted by Crippen LogP contribution is -2.54. The highest BCUT2D eigenvalue weighted by Gasteiger charge is 2.48. The van der Waals surface area contributed by atoms with E-state index in [9.17, 15) is 5.11 Å². The second-order valence-corrected chi connectivity index (χ2v) is 17.4. The Balaban J connectivity index is 1.07. The lowest BCUT2D eigenvalue weighted by atomic mass is 9.87. The molecule has 0 spiro atoms. The fourth-order valence-electron chi connectivity index (χ4n) is 10.2. The Kier molecular flexibility index (Phi) is 9.24. The number of hydrogen-bond donors (Lipinski definition) is 1. The summed E-state index contributed by atoms with van der Waals surface area (Å²) in [7, 11) is 3.53. The molecule has 57 heavy (non-hydrogen) atoms. The van der Waals surface area contributed by atoms with Crippen molar-refractivity contribution in [3.05, 3.63) is 47.7 Å². The number of phenolic OH excluding ortho intramolecular Hbond substituents is 1. The number of phenols is 1. The molecule has 4 aliphatic heterocycles. The normalized spacial score (nSPS) is 22.3. The van der Waals surface area contributed by atoms with Gasteiger partial charge in [0.25, 0.3) is 0 Å². The summed E-state index contributed by atoms with van der Waals surface area (Å²) in [5.74, 6) is 3.20. The summed E-state index contributed by atoms with van der Waals surface area (Å²) in [6.45, 7) is 8.82. The van der Waals surface area contributed by atoms with Gasteiger partial charge in [0, 0.05) is 106 Å². The van der Waals surface area contributed by atoms with Crippen molar-refractivity contribution in [1.29, 1.82) is 0 Å². The maximum atomic E-state index is 17.9. The SMILES string of the molecule is C#Cc1c(F)ccc2cc(O)cc(-c3c(F)c4nc(OCC5(CN6CC(CC7COC7)C6)CC5)nc(N5[C@@H]6CC[C@H]5CN(CCCOC)C6)c4c4cn(C)nc34)c12. The summed E-state index contributed by atoms with van der Waals surface area (Å²) < 4.78 is 52.1. The standard InChI is InChI=1S/C44H49F2N7O4/c1-4-32-35(45)9-6-28-15-31(54)16-33(36(28)32)37-39(46)41-38(34-21-50(2)49-40(34)37)42(53-29-7-8-30(53)20-51(19-29)12-5-13-55-3)48-43(47-41)57-25-44(10-11-44)24-52-17-26(18-52)14-27-22-56-23-27/h1,6,9,15-16,21,26-27,29-30,54H,5,7-8,10-14,17-20,22-25H2,2-3H3/t29-,30+. The summed E-state index contributed by atoms with van der Waals surface area (Å²) in [5, 5.41) is 17.7. The second kappa shape index (κ2) is 14.3. The molecule has 1 aliphatic carbocycles. The number of terminal acetylenes is 1. The molecule has 0 radical (unpaired) electrons. The predicted octanol–water partition coefficient (Wildman–Crippen LogP) is 6.12. The van der Waals surface area contributed by atoms with E-state index in [0.29, 0.717) is 52.0 Å². The summed E-state index contributed by atoms with van der Waals surface area (Å²) in [6.07, 6.45) is 14.0. The molecule has 5 fully saturated rings. The number of anilines is 1. The van der Waals surface area contributed by atoms with Crippen molar-refractivity contribution in [3.63, 3.8) is 0 Å². The number of ether oxygens (including phenoxy) is 3. The molecule has 2 bridgehead atoms. The van der Waals surface area contributed by atoms with Crippen LogP contribution in [-0.2, 0) is 16.5 Å². The van der Waals surface area contributed by atoms with Crippen LogP contribution in [0.5, 0.6) is 11.8 Å². The third kappa shape index (κ3) is 6.55. The number of rotatable bonds is 13. The minimum absolute atomic E-state index is 0.0151. The summed E-state index contributed by atoms with van der Waals surface area (Å²) >= 11 is 0. The molecule has 6 heterocycles. The first-order valence-corrected chi connectivity index (χ1v) is 20.4. The number of benzene rings is 3. The van der Waals surface area contributed by atoms with Gasteiger partial charge in [0.05, 0.1) is 30.8 Å². The van der Waals surface area contributed by atoms with Crippen molar-refractivity contribution in [3.8, 4) is 35.2 Å². The van der Waals surface area contributed by atoms with Crippen LogP contribution >= 0.6 is 0 Å². The van der Waals surface area contributed by atoms with E-state index in [1.165, 1.54) is 30.7 Å².